The van der Waals surface area contributed by atoms with Gasteiger partial charge in [-0.15, -0.1) is 0 Å². The van der Waals surface area contributed by atoms with Gasteiger partial charge in [-0.1, -0.05) is 54.1 Å². The van der Waals surface area contributed by atoms with Crippen molar-refractivity contribution in [3.8, 4) is 5.75 Å². The highest BCUT2D eigenvalue weighted by Crippen LogP contribution is 2.14. The minimum atomic E-state index is -0.498. The van der Waals surface area contributed by atoms with Gasteiger partial charge in [0.15, 0.2) is 0 Å². The monoisotopic (exact) mass is 461 g/mol. The summed E-state index contributed by atoms with van der Waals surface area (Å²) in [5, 5.41) is 6.61. The van der Waals surface area contributed by atoms with Gasteiger partial charge in [0, 0.05) is 6.08 Å². The molecule has 0 radical (unpaired) electrons. The van der Waals surface area contributed by atoms with Gasteiger partial charge in [-0.25, -0.2) is 10.2 Å². The highest BCUT2D eigenvalue weighted by Gasteiger charge is 2.10. The number of halogens is 1. The second-order valence-electron chi connectivity index (χ2n) is 6.69. The summed E-state index contributed by atoms with van der Waals surface area (Å²) in [6.45, 7) is -0.257. The van der Waals surface area contributed by atoms with E-state index in [9.17, 15) is 14.4 Å². The highest BCUT2D eigenvalue weighted by molar-refractivity contribution is 6.33. The van der Waals surface area contributed by atoms with Crippen molar-refractivity contribution in [2.24, 2.45) is 5.10 Å². The number of carbonyl (C=O) groups is 3. The zero-order valence-electron chi connectivity index (χ0n) is 17.4. The number of hydrazone groups is 1. The van der Waals surface area contributed by atoms with Crippen LogP contribution in [0.5, 0.6) is 5.75 Å². The molecule has 0 spiro atoms. The molecule has 2 amide bonds. The molecule has 0 aromatic heterocycles. The molecule has 0 saturated heterocycles. The van der Waals surface area contributed by atoms with Gasteiger partial charge in [0.05, 0.1) is 23.3 Å². The van der Waals surface area contributed by atoms with Crippen LogP contribution in [0.15, 0.2) is 90.0 Å². The summed E-state index contributed by atoms with van der Waals surface area (Å²) in [5.41, 5.74) is 4.17. The summed E-state index contributed by atoms with van der Waals surface area (Å²) >= 11 is 5.95. The fourth-order valence-electron chi connectivity index (χ4n) is 2.62. The van der Waals surface area contributed by atoms with Crippen molar-refractivity contribution < 1.29 is 19.1 Å². The molecule has 7 nitrogen and oxygen atoms in total. The lowest BCUT2D eigenvalue weighted by molar-refractivity contribution is -0.129. The Bertz CT molecular complexity index is 1180. The van der Waals surface area contributed by atoms with Crippen molar-refractivity contribution in [1.82, 2.24) is 10.7 Å². The molecule has 0 aliphatic heterocycles. The van der Waals surface area contributed by atoms with Crippen molar-refractivity contribution in [1.29, 1.82) is 0 Å². The highest BCUT2D eigenvalue weighted by atomic mass is 35.5. The lowest BCUT2D eigenvalue weighted by Gasteiger charge is -2.05. The van der Waals surface area contributed by atoms with Gasteiger partial charge in [0.25, 0.3) is 11.8 Å². The molecule has 0 fully saturated rings. The van der Waals surface area contributed by atoms with E-state index in [1.165, 1.54) is 12.3 Å². The number of nitrogens with zero attached hydrogens (tertiary/aromatic N) is 1. The molecule has 0 saturated carbocycles. The molecule has 3 rings (SSSR count). The quantitative estimate of drug-likeness (QED) is 0.175. The standard InChI is InChI=1S/C25H20ClN3O4/c26-22-9-5-4-8-21(22)25(32)27-17-23(30)29-28-16-19-10-13-20(14-11-19)33-24(31)15-12-18-6-2-1-3-7-18/h1-16H,17H2,(H,27,32)(H,29,30)/b15-12+,28-16-. The molecule has 0 unspecified atom stereocenters. The fraction of sp³-hybridized carbons (Fsp3) is 0.0400. The summed E-state index contributed by atoms with van der Waals surface area (Å²) in [6, 6.07) is 22.5. The van der Waals surface area contributed by atoms with E-state index < -0.39 is 17.8 Å². The van der Waals surface area contributed by atoms with E-state index >= 15 is 0 Å². The van der Waals surface area contributed by atoms with Gasteiger partial charge in [-0.05, 0) is 53.6 Å². The Morgan fingerprint density at radius 1 is 0.879 bits per heavy atom. The normalized spacial score (nSPS) is 10.8. The number of carbonyl (C=O) groups excluding carboxylic acids is 3. The van der Waals surface area contributed by atoms with E-state index in [-0.39, 0.29) is 12.1 Å². The maximum Gasteiger partial charge on any atom is 0.336 e. The number of ether oxygens (including phenoxy) is 1. The van der Waals surface area contributed by atoms with Crippen molar-refractivity contribution >= 4 is 41.7 Å². The van der Waals surface area contributed by atoms with Crippen LogP contribution >= 0.6 is 11.6 Å². The van der Waals surface area contributed by atoms with E-state index in [4.69, 9.17) is 16.3 Å². The Kier molecular flexibility index (Phi) is 8.50. The lowest BCUT2D eigenvalue weighted by atomic mass is 10.2. The summed E-state index contributed by atoms with van der Waals surface area (Å²) in [5.74, 6) is -1.07. The minimum absolute atomic E-state index is 0.257. The van der Waals surface area contributed by atoms with Crippen LogP contribution in [0.4, 0.5) is 0 Å². The van der Waals surface area contributed by atoms with Crippen LogP contribution in [0.3, 0.4) is 0 Å². The Morgan fingerprint density at radius 3 is 2.30 bits per heavy atom. The van der Waals surface area contributed by atoms with Crippen molar-refractivity contribution in [2.75, 3.05) is 6.54 Å². The maximum absolute atomic E-state index is 12.0. The number of benzene rings is 3. The van der Waals surface area contributed by atoms with Gasteiger partial charge < -0.3 is 10.1 Å². The third kappa shape index (κ3) is 7.75. The maximum atomic E-state index is 12.0. The molecular formula is C25H20ClN3O4. The van der Waals surface area contributed by atoms with Gasteiger partial charge in [-0.3, -0.25) is 9.59 Å². The predicted octanol–water partition coefficient (Wildman–Crippen LogP) is 3.84. The first kappa shape index (κ1) is 23.4. The molecule has 2 N–H and O–H groups in total. The largest absolute Gasteiger partial charge is 0.423 e. The molecule has 0 aliphatic carbocycles. The summed E-state index contributed by atoms with van der Waals surface area (Å²) in [6.07, 6.45) is 4.45. The summed E-state index contributed by atoms with van der Waals surface area (Å²) in [7, 11) is 0. The molecular weight excluding hydrogens is 442 g/mol. The Labute approximate surface area is 195 Å². The van der Waals surface area contributed by atoms with Crippen LogP contribution in [0.1, 0.15) is 21.5 Å². The number of esters is 1. The van der Waals surface area contributed by atoms with Crippen molar-refractivity contribution in [2.45, 2.75) is 0 Å². The third-order valence-corrected chi connectivity index (χ3v) is 4.57. The van der Waals surface area contributed by atoms with Crippen LogP contribution in [0.25, 0.3) is 6.08 Å². The van der Waals surface area contributed by atoms with Crippen LogP contribution in [0.2, 0.25) is 5.02 Å². The lowest BCUT2D eigenvalue weighted by Crippen LogP contribution is -2.35. The van der Waals surface area contributed by atoms with E-state index in [1.54, 1.807) is 54.6 Å². The molecule has 8 heteroatoms. The number of hydrogen-bond donors (Lipinski definition) is 2. The molecule has 0 heterocycles. The number of rotatable bonds is 8. The van der Waals surface area contributed by atoms with E-state index in [0.717, 1.165) is 5.56 Å². The van der Waals surface area contributed by atoms with Crippen LogP contribution in [-0.4, -0.2) is 30.5 Å². The summed E-state index contributed by atoms with van der Waals surface area (Å²) < 4.78 is 5.24. The Morgan fingerprint density at radius 2 is 1.58 bits per heavy atom. The first-order valence-electron chi connectivity index (χ1n) is 9.91. The predicted molar refractivity (Wildman–Crippen MR) is 127 cm³/mol. The zero-order valence-corrected chi connectivity index (χ0v) is 18.2. The zero-order chi connectivity index (χ0) is 23.5. The van der Waals surface area contributed by atoms with Gasteiger partial charge >= 0.3 is 5.97 Å². The molecule has 166 valence electrons. The first-order chi connectivity index (χ1) is 16.0. The van der Waals surface area contributed by atoms with Gasteiger partial charge in [-0.2, -0.15) is 5.10 Å². The second kappa shape index (κ2) is 12.0. The first-order valence-corrected chi connectivity index (χ1v) is 10.3. The number of hydrogen-bond acceptors (Lipinski definition) is 5. The molecule has 3 aromatic rings. The minimum Gasteiger partial charge on any atom is -0.423 e. The fourth-order valence-corrected chi connectivity index (χ4v) is 2.84. The van der Waals surface area contributed by atoms with Crippen molar-refractivity contribution in [3.05, 3.63) is 107 Å². The smallest absolute Gasteiger partial charge is 0.336 e. The van der Waals surface area contributed by atoms with E-state index in [0.29, 0.717) is 16.3 Å². The molecule has 33 heavy (non-hydrogen) atoms. The average Bonchev–Trinajstić information content (AvgIpc) is 2.83. The third-order valence-electron chi connectivity index (χ3n) is 4.24. The second-order valence-corrected chi connectivity index (χ2v) is 7.10. The molecule has 0 aliphatic rings. The topological polar surface area (TPSA) is 96.9 Å². The summed E-state index contributed by atoms with van der Waals surface area (Å²) in [4.78, 5) is 35.8. The van der Waals surface area contributed by atoms with E-state index in [2.05, 4.69) is 15.8 Å². The molecule has 0 atom stereocenters. The Hall–Kier alpha value is -4.23. The van der Waals surface area contributed by atoms with E-state index in [1.807, 2.05) is 30.3 Å². The van der Waals surface area contributed by atoms with Crippen LogP contribution < -0.4 is 15.5 Å². The van der Waals surface area contributed by atoms with Crippen LogP contribution in [0, 0.1) is 0 Å². The van der Waals surface area contributed by atoms with Crippen LogP contribution in [-0.2, 0) is 9.59 Å². The van der Waals surface area contributed by atoms with Crippen molar-refractivity contribution in [3.63, 3.8) is 0 Å². The molecule has 3 aromatic carbocycles. The average molecular weight is 462 g/mol. The Balaban J connectivity index is 1.42. The number of nitrogens with one attached hydrogen (secondary N) is 2. The molecule has 0 bridgehead atoms. The van der Waals surface area contributed by atoms with Gasteiger partial charge in [0.1, 0.15) is 5.75 Å². The van der Waals surface area contributed by atoms with Gasteiger partial charge in [0.2, 0.25) is 0 Å². The number of amides is 2. The SMILES string of the molecule is O=C(CNC(=O)c1ccccc1Cl)N/N=C\c1ccc(OC(=O)/C=C/c2ccccc2)cc1.